The van der Waals surface area contributed by atoms with Gasteiger partial charge in [-0.2, -0.15) is 0 Å². The molecule has 54 heavy (non-hydrogen) atoms. The first-order valence-corrected chi connectivity index (χ1v) is 17.4. The maximum Gasteiger partial charge on any atom is 0.181 e. The van der Waals surface area contributed by atoms with E-state index in [0.29, 0.717) is 16.9 Å². The van der Waals surface area contributed by atoms with Gasteiger partial charge in [0.05, 0.1) is 35.7 Å². The number of imidazole rings is 3. The molecule has 6 heterocycles. The largest absolute Gasteiger partial charge is 0.289 e. The summed E-state index contributed by atoms with van der Waals surface area (Å²) in [4.78, 5) is 42.4. The van der Waals surface area contributed by atoms with Gasteiger partial charge in [-0.15, -0.1) is 0 Å². The Labute approximate surface area is 308 Å². The monoisotopic (exact) mass is 702 g/mol. The van der Waals surface area contributed by atoms with Crippen LogP contribution in [0.2, 0.25) is 0 Å². The van der Waals surface area contributed by atoms with E-state index in [1.165, 1.54) is 19.0 Å². The van der Waals surface area contributed by atoms with Gasteiger partial charge in [0.2, 0.25) is 0 Å². The SMILES string of the molecule is Cc1ccccc1-c1nc2ncncc2n1-c1cc(-n2c(-c3ccccc3C)nc3ncncc32)cc(-n2c(-c3ccccc3C)nc3ncncc32)c1. The molecule has 0 bridgehead atoms. The summed E-state index contributed by atoms with van der Waals surface area (Å²) in [7, 11) is 0. The van der Waals surface area contributed by atoms with Crippen molar-refractivity contribution in [3.8, 4) is 51.2 Å². The average Bonchev–Trinajstić information content (AvgIpc) is 3.90. The summed E-state index contributed by atoms with van der Waals surface area (Å²) in [5.74, 6) is 2.22. The topological polar surface area (TPSA) is 131 Å². The highest BCUT2D eigenvalue weighted by Gasteiger charge is 2.24. The van der Waals surface area contributed by atoms with Crippen LogP contribution in [0.4, 0.5) is 0 Å². The number of aryl methyl sites for hydroxylation is 3. The van der Waals surface area contributed by atoms with Gasteiger partial charge in [-0.25, -0.2) is 44.9 Å². The van der Waals surface area contributed by atoms with Crippen molar-refractivity contribution >= 4 is 33.5 Å². The zero-order valence-electron chi connectivity index (χ0n) is 29.5. The van der Waals surface area contributed by atoms with Crippen LogP contribution in [-0.2, 0) is 0 Å². The minimum atomic E-state index is 0.583. The van der Waals surface area contributed by atoms with Crippen molar-refractivity contribution in [1.29, 1.82) is 0 Å². The number of hydrogen-bond acceptors (Lipinski definition) is 9. The maximum absolute atomic E-state index is 5.09. The Morgan fingerprint density at radius 1 is 0.389 bits per heavy atom. The summed E-state index contributed by atoms with van der Waals surface area (Å²) in [5, 5.41) is 0. The molecule has 0 atom stereocenters. The first-order chi connectivity index (χ1) is 26.5. The Kier molecular flexibility index (Phi) is 7.15. The normalized spacial score (nSPS) is 11.6. The van der Waals surface area contributed by atoms with Crippen LogP contribution in [-0.4, -0.2) is 58.6 Å². The Morgan fingerprint density at radius 3 is 0.981 bits per heavy atom. The standard InChI is InChI=1S/C42H30N12/c1-25-10-4-7-13-31(25)40-49-37-34(19-43-22-46-37)52(40)28-16-29(53-35-20-44-23-47-38(35)50-41(53)32-14-8-5-11-26(32)2)18-30(17-28)54-36-21-45-24-48-39(36)51-42(54)33-15-9-6-12-27(33)3/h4-24H,1-3H3. The van der Waals surface area contributed by atoms with Crippen molar-refractivity contribution in [2.24, 2.45) is 0 Å². The predicted octanol–water partition coefficient (Wildman–Crippen LogP) is 8.00. The molecule has 10 rings (SSSR count). The highest BCUT2D eigenvalue weighted by Crippen LogP contribution is 2.37. The van der Waals surface area contributed by atoms with Crippen LogP contribution in [0.25, 0.3) is 84.7 Å². The van der Waals surface area contributed by atoms with Gasteiger partial charge in [0.15, 0.2) is 16.9 Å². The van der Waals surface area contributed by atoms with Crippen molar-refractivity contribution < 1.29 is 0 Å². The third kappa shape index (κ3) is 4.95. The Balaban J connectivity index is 1.36. The van der Waals surface area contributed by atoms with E-state index in [1.54, 1.807) is 0 Å². The van der Waals surface area contributed by atoms with E-state index in [0.717, 1.165) is 84.5 Å². The lowest BCUT2D eigenvalue weighted by Gasteiger charge is -2.19. The van der Waals surface area contributed by atoms with Crippen molar-refractivity contribution in [2.75, 3.05) is 0 Å². The molecule has 0 aliphatic heterocycles. The molecular formula is C42H30N12. The summed E-state index contributed by atoms with van der Waals surface area (Å²) in [6.07, 6.45) is 10.0. The molecule has 0 fully saturated rings. The number of fused-ring (bicyclic) bond motifs is 3. The molecule has 4 aromatic carbocycles. The number of rotatable bonds is 6. The molecule has 0 radical (unpaired) electrons. The molecule has 0 saturated carbocycles. The molecule has 0 aliphatic rings. The molecule has 258 valence electrons. The fraction of sp³-hybridized carbons (Fsp3) is 0.0714. The van der Waals surface area contributed by atoms with Gasteiger partial charge in [0.25, 0.3) is 0 Å². The van der Waals surface area contributed by atoms with Crippen LogP contribution >= 0.6 is 0 Å². The minimum Gasteiger partial charge on any atom is -0.289 e. The second-order valence-corrected chi connectivity index (χ2v) is 13.2. The molecule has 10 aromatic rings. The number of aromatic nitrogens is 12. The van der Waals surface area contributed by atoms with Gasteiger partial charge >= 0.3 is 0 Å². The van der Waals surface area contributed by atoms with E-state index in [4.69, 9.17) is 15.0 Å². The second-order valence-electron chi connectivity index (χ2n) is 13.2. The molecule has 0 unspecified atom stereocenters. The van der Waals surface area contributed by atoms with Crippen molar-refractivity contribution in [3.05, 3.63) is 145 Å². The molecule has 12 heteroatoms. The molecule has 0 amide bonds. The Morgan fingerprint density at radius 2 is 0.685 bits per heavy atom. The second kappa shape index (κ2) is 12.3. The van der Waals surface area contributed by atoms with Gasteiger partial charge in [-0.3, -0.25) is 13.7 Å². The van der Waals surface area contributed by atoms with E-state index < -0.39 is 0 Å². The zero-order valence-corrected chi connectivity index (χ0v) is 29.5. The lowest BCUT2D eigenvalue weighted by molar-refractivity contribution is 1.03. The van der Waals surface area contributed by atoms with Gasteiger partial charge in [-0.1, -0.05) is 72.8 Å². The summed E-state index contributed by atoms with van der Waals surface area (Å²) < 4.78 is 6.37. The Bertz CT molecular complexity index is 2720. The number of nitrogens with zero attached hydrogens (tertiary/aromatic N) is 12. The first kappa shape index (κ1) is 31.3. The maximum atomic E-state index is 5.09. The van der Waals surface area contributed by atoms with E-state index in [1.807, 2.05) is 55.0 Å². The van der Waals surface area contributed by atoms with E-state index in [-0.39, 0.29) is 0 Å². The van der Waals surface area contributed by atoms with Crippen molar-refractivity contribution in [1.82, 2.24) is 58.6 Å². The molecule has 0 N–H and O–H groups in total. The smallest absolute Gasteiger partial charge is 0.181 e. The van der Waals surface area contributed by atoms with Crippen molar-refractivity contribution in [3.63, 3.8) is 0 Å². The molecule has 0 aliphatic carbocycles. The molecular weight excluding hydrogens is 673 g/mol. The lowest BCUT2D eigenvalue weighted by atomic mass is 10.1. The van der Waals surface area contributed by atoms with Crippen LogP contribution in [0.1, 0.15) is 16.7 Å². The van der Waals surface area contributed by atoms with E-state index in [9.17, 15) is 0 Å². The summed E-state index contributed by atoms with van der Waals surface area (Å²) in [6, 6.07) is 31.1. The average molecular weight is 703 g/mol. The fourth-order valence-electron chi connectivity index (χ4n) is 7.24. The van der Waals surface area contributed by atoms with Crippen LogP contribution in [0.5, 0.6) is 0 Å². The van der Waals surface area contributed by atoms with Gasteiger partial charge in [0, 0.05) is 16.7 Å². The molecule has 0 saturated heterocycles. The van der Waals surface area contributed by atoms with Crippen LogP contribution < -0.4 is 0 Å². The number of benzene rings is 4. The first-order valence-electron chi connectivity index (χ1n) is 17.4. The zero-order chi connectivity index (χ0) is 36.3. The minimum absolute atomic E-state index is 0.583. The highest BCUT2D eigenvalue weighted by atomic mass is 15.2. The summed E-state index contributed by atoms with van der Waals surface area (Å²) in [5.41, 5.74) is 12.7. The fourth-order valence-corrected chi connectivity index (χ4v) is 7.24. The van der Waals surface area contributed by atoms with Gasteiger partial charge in [0.1, 0.15) is 53.0 Å². The van der Waals surface area contributed by atoms with Gasteiger partial charge in [-0.05, 0) is 55.7 Å². The van der Waals surface area contributed by atoms with Crippen molar-refractivity contribution in [2.45, 2.75) is 20.8 Å². The third-order valence-corrected chi connectivity index (χ3v) is 9.83. The molecule has 12 nitrogen and oxygen atoms in total. The summed E-state index contributed by atoms with van der Waals surface area (Å²) >= 11 is 0. The molecule has 6 aromatic heterocycles. The highest BCUT2D eigenvalue weighted by molar-refractivity contribution is 5.85. The number of hydrogen-bond donors (Lipinski definition) is 0. The van der Waals surface area contributed by atoms with Gasteiger partial charge < -0.3 is 0 Å². The lowest BCUT2D eigenvalue weighted by Crippen LogP contribution is -2.07. The predicted molar refractivity (Wildman–Crippen MR) is 208 cm³/mol. The van der Waals surface area contributed by atoms with E-state index in [2.05, 4.69) is 119 Å². The summed E-state index contributed by atoms with van der Waals surface area (Å²) in [6.45, 7) is 6.26. The quantitative estimate of drug-likeness (QED) is 0.169. The molecule has 0 spiro atoms. The third-order valence-electron chi connectivity index (χ3n) is 9.83. The Hall–Kier alpha value is -7.47. The van der Waals surface area contributed by atoms with Crippen LogP contribution in [0.15, 0.2) is 129 Å². The van der Waals surface area contributed by atoms with E-state index >= 15 is 0 Å². The van der Waals surface area contributed by atoms with Crippen LogP contribution in [0, 0.1) is 20.8 Å². The van der Waals surface area contributed by atoms with Crippen LogP contribution in [0.3, 0.4) is 0 Å².